The molecule has 2 heterocycles. The number of carbonyl (C=O) groups excluding carboxylic acids is 2. The molecule has 0 aromatic heterocycles. The third kappa shape index (κ3) is 2.58. The summed E-state index contributed by atoms with van der Waals surface area (Å²) in [5, 5.41) is 12.9. The van der Waals surface area contributed by atoms with E-state index in [2.05, 4.69) is 17.4 Å². The van der Waals surface area contributed by atoms with E-state index in [0.717, 1.165) is 24.8 Å². The van der Waals surface area contributed by atoms with E-state index >= 15 is 0 Å². The highest BCUT2D eigenvalue weighted by molar-refractivity contribution is 5.85. The summed E-state index contributed by atoms with van der Waals surface area (Å²) in [6.45, 7) is 3.72. The molecule has 0 unspecified atom stereocenters. The van der Waals surface area contributed by atoms with Gasteiger partial charge >= 0.3 is 6.03 Å². The normalized spacial score (nSPS) is 26.2. The van der Waals surface area contributed by atoms with Crippen molar-refractivity contribution >= 4 is 11.9 Å². The molecule has 4 rings (SSSR count). The summed E-state index contributed by atoms with van der Waals surface area (Å²) in [4.78, 5) is 28.9. The number of likely N-dealkylation sites (tertiary alicyclic amines) is 2. The summed E-state index contributed by atoms with van der Waals surface area (Å²) in [6.07, 6.45) is 2.79. The van der Waals surface area contributed by atoms with E-state index in [1.54, 1.807) is 4.90 Å². The summed E-state index contributed by atoms with van der Waals surface area (Å²) in [5.41, 5.74) is 0.776. The maximum Gasteiger partial charge on any atom is 0.317 e. The third-order valence-corrected chi connectivity index (χ3v) is 6.03. The van der Waals surface area contributed by atoms with Gasteiger partial charge in [0.1, 0.15) is 0 Å². The van der Waals surface area contributed by atoms with Crippen molar-refractivity contribution in [3.63, 3.8) is 0 Å². The van der Waals surface area contributed by atoms with Crippen molar-refractivity contribution in [3.05, 3.63) is 35.9 Å². The van der Waals surface area contributed by atoms with Gasteiger partial charge in [-0.15, -0.1) is 0 Å². The van der Waals surface area contributed by atoms with Crippen LogP contribution >= 0.6 is 0 Å². The SMILES string of the molecule is CCCNC(=O)N1CC2(C1)[C@H](c1ccccc1)[C@@H](CO)N2C(=O)C1CC1. The summed E-state index contributed by atoms with van der Waals surface area (Å²) >= 11 is 0. The molecule has 1 aromatic carbocycles. The highest BCUT2D eigenvalue weighted by Crippen LogP contribution is 2.55. The summed E-state index contributed by atoms with van der Waals surface area (Å²) in [6, 6.07) is 9.84. The first kappa shape index (κ1) is 17.3. The van der Waals surface area contributed by atoms with Crippen molar-refractivity contribution in [1.29, 1.82) is 0 Å². The average Bonchev–Trinajstić information content (AvgIpc) is 3.44. The van der Waals surface area contributed by atoms with Crippen LogP contribution in [0.1, 0.15) is 37.7 Å². The highest BCUT2D eigenvalue weighted by Gasteiger charge is 2.68. The van der Waals surface area contributed by atoms with Crippen molar-refractivity contribution in [2.75, 3.05) is 26.2 Å². The number of aliphatic hydroxyl groups excluding tert-OH is 1. The van der Waals surface area contributed by atoms with Crippen LogP contribution in [-0.2, 0) is 4.79 Å². The molecule has 140 valence electrons. The van der Waals surface area contributed by atoms with Crippen LogP contribution in [0.25, 0.3) is 0 Å². The van der Waals surface area contributed by atoms with Gasteiger partial charge in [0.15, 0.2) is 0 Å². The lowest BCUT2D eigenvalue weighted by Crippen LogP contribution is -2.86. The Morgan fingerprint density at radius 2 is 1.92 bits per heavy atom. The van der Waals surface area contributed by atoms with Crippen molar-refractivity contribution in [1.82, 2.24) is 15.1 Å². The number of nitrogens with zero attached hydrogens (tertiary/aromatic N) is 2. The molecular formula is C20H27N3O3. The second-order valence-electron chi connectivity index (χ2n) is 7.81. The molecule has 3 fully saturated rings. The fourth-order valence-electron chi connectivity index (χ4n) is 4.65. The van der Waals surface area contributed by atoms with E-state index in [0.29, 0.717) is 19.6 Å². The molecule has 6 nitrogen and oxygen atoms in total. The number of carbonyl (C=O) groups is 2. The van der Waals surface area contributed by atoms with Gasteiger partial charge in [-0.05, 0) is 24.8 Å². The zero-order chi connectivity index (χ0) is 18.3. The number of benzene rings is 1. The van der Waals surface area contributed by atoms with Gasteiger partial charge in [0.2, 0.25) is 5.91 Å². The molecule has 1 saturated carbocycles. The molecule has 0 radical (unpaired) electrons. The van der Waals surface area contributed by atoms with E-state index in [1.807, 2.05) is 30.0 Å². The first-order valence-corrected chi connectivity index (χ1v) is 9.64. The van der Waals surface area contributed by atoms with Gasteiger partial charge in [0, 0.05) is 31.5 Å². The second-order valence-corrected chi connectivity index (χ2v) is 7.81. The van der Waals surface area contributed by atoms with Crippen LogP contribution in [0.4, 0.5) is 4.79 Å². The highest BCUT2D eigenvalue weighted by atomic mass is 16.3. The second kappa shape index (κ2) is 6.58. The largest absolute Gasteiger partial charge is 0.394 e. The smallest absolute Gasteiger partial charge is 0.317 e. The summed E-state index contributed by atoms with van der Waals surface area (Å²) in [5.74, 6) is 0.345. The molecule has 3 aliphatic rings. The van der Waals surface area contributed by atoms with Gasteiger partial charge in [-0.25, -0.2) is 4.79 Å². The molecule has 2 saturated heterocycles. The minimum Gasteiger partial charge on any atom is -0.394 e. The molecule has 26 heavy (non-hydrogen) atoms. The van der Waals surface area contributed by atoms with E-state index in [4.69, 9.17) is 0 Å². The number of nitrogens with one attached hydrogen (secondary N) is 1. The number of rotatable bonds is 5. The minimum atomic E-state index is -0.363. The maximum atomic E-state index is 12.9. The van der Waals surface area contributed by atoms with Crippen LogP contribution < -0.4 is 5.32 Å². The Balaban J connectivity index is 1.58. The Morgan fingerprint density at radius 1 is 1.23 bits per heavy atom. The predicted molar refractivity (Wildman–Crippen MR) is 97.6 cm³/mol. The molecular weight excluding hydrogens is 330 g/mol. The van der Waals surface area contributed by atoms with Gasteiger partial charge in [-0.2, -0.15) is 0 Å². The monoisotopic (exact) mass is 357 g/mol. The number of hydrogen-bond acceptors (Lipinski definition) is 3. The number of hydrogen-bond donors (Lipinski definition) is 2. The topological polar surface area (TPSA) is 72.9 Å². The lowest BCUT2D eigenvalue weighted by Gasteiger charge is -2.70. The zero-order valence-electron chi connectivity index (χ0n) is 15.2. The Labute approximate surface area is 154 Å². The van der Waals surface area contributed by atoms with Crippen LogP contribution in [0.2, 0.25) is 0 Å². The molecule has 1 aromatic rings. The summed E-state index contributed by atoms with van der Waals surface area (Å²) < 4.78 is 0. The predicted octanol–water partition coefficient (Wildman–Crippen LogP) is 1.56. The number of aliphatic hydroxyl groups is 1. The van der Waals surface area contributed by atoms with E-state index < -0.39 is 0 Å². The lowest BCUT2D eigenvalue weighted by atomic mass is 9.60. The van der Waals surface area contributed by atoms with Gasteiger partial charge in [-0.1, -0.05) is 37.3 Å². The Morgan fingerprint density at radius 3 is 2.50 bits per heavy atom. The third-order valence-electron chi connectivity index (χ3n) is 6.03. The molecule has 2 N–H and O–H groups in total. The summed E-state index contributed by atoms with van der Waals surface area (Å²) in [7, 11) is 0. The van der Waals surface area contributed by atoms with Crippen molar-refractivity contribution in [2.24, 2.45) is 5.92 Å². The fourth-order valence-corrected chi connectivity index (χ4v) is 4.65. The van der Waals surface area contributed by atoms with E-state index in [-0.39, 0.29) is 42.0 Å². The molecule has 1 aliphatic carbocycles. The molecule has 1 spiro atoms. The Kier molecular flexibility index (Phi) is 4.39. The van der Waals surface area contributed by atoms with Crippen molar-refractivity contribution in [3.8, 4) is 0 Å². The van der Waals surface area contributed by atoms with Crippen molar-refractivity contribution in [2.45, 2.75) is 43.7 Å². The first-order chi connectivity index (χ1) is 12.6. The van der Waals surface area contributed by atoms with Crippen LogP contribution in [-0.4, -0.2) is 64.7 Å². The standard InChI is InChI=1S/C20H27N3O3/c1-2-10-21-19(26)22-12-20(13-22)17(14-6-4-3-5-7-14)16(11-24)23(20)18(25)15-8-9-15/h3-7,15-17,24H,2,8-13H2,1H3,(H,21,26)/t16-,17-/m1/s1. The van der Waals surface area contributed by atoms with Crippen LogP contribution in [0, 0.1) is 5.92 Å². The molecule has 3 amide bonds. The van der Waals surface area contributed by atoms with Gasteiger partial charge in [-0.3, -0.25) is 4.79 Å². The van der Waals surface area contributed by atoms with Crippen LogP contribution in [0.5, 0.6) is 0 Å². The van der Waals surface area contributed by atoms with Gasteiger partial charge in [0.05, 0.1) is 18.2 Å². The lowest BCUT2D eigenvalue weighted by molar-refractivity contribution is -0.194. The average molecular weight is 357 g/mol. The van der Waals surface area contributed by atoms with E-state index in [1.165, 1.54) is 0 Å². The zero-order valence-corrected chi connectivity index (χ0v) is 15.2. The quantitative estimate of drug-likeness (QED) is 0.840. The molecule has 2 aliphatic heterocycles. The minimum absolute atomic E-state index is 0.0399. The first-order valence-electron chi connectivity index (χ1n) is 9.64. The molecule has 6 heteroatoms. The molecule has 0 bridgehead atoms. The Bertz CT molecular complexity index is 683. The number of urea groups is 1. The number of amides is 3. The van der Waals surface area contributed by atoms with Crippen LogP contribution in [0.3, 0.4) is 0 Å². The maximum absolute atomic E-state index is 12.9. The van der Waals surface area contributed by atoms with Gasteiger partial charge < -0.3 is 20.2 Å². The van der Waals surface area contributed by atoms with Gasteiger partial charge in [0.25, 0.3) is 0 Å². The van der Waals surface area contributed by atoms with Crippen molar-refractivity contribution < 1.29 is 14.7 Å². The Hall–Kier alpha value is -2.08. The van der Waals surface area contributed by atoms with E-state index in [9.17, 15) is 14.7 Å². The fraction of sp³-hybridized carbons (Fsp3) is 0.600. The van der Waals surface area contributed by atoms with Crippen LogP contribution in [0.15, 0.2) is 30.3 Å². The molecule has 2 atom stereocenters.